The summed E-state index contributed by atoms with van der Waals surface area (Å²) in [5.74, 6) is -0.708. The summed E-state index contributed by atoms with van der Waals surface area (Å²) in [5, 5.41) is 11.2. The van der Waals surface area contributed by atoms with Gasteiger partial charge in [-0.3, -0.25) is 0 Å². The fraction of sp³-hybridized carbons (Fsp3) is 0.462. The number of methoxy groups -OCH3 is 1. The average Bonchev–Trinajstić information content (AvgIpc) is 2.43. The van der Waals surface area contributed by atoms with Crippen LogP contribution < -0.4 is 10.5 Å². The maximum Gasteiger partial charge on any atom is 0.419 e. The third-order valence-corrected chi connectivity index (χ3v) is 2.75. The molecular formula is C13H17F3N2O3. The second-order valence-electron chi connectivity index (χ2n) is 4.40. The number of ether oxygens (including phenoxy) is 2. The van der Waals surface area contributed by atoms with Crippen molar-refractivity contribution < 1.29 is 27.9 Å². The molecule has 0 saturated carbocycles. The van der Waals surface area contributed by atoms with Crippen molar-refractivity contribution in [3.05, 3.63) is 29.3 Å². The number of hydrogen-bond donors (Lipinski definition) is 2. The molecule has 1 aromatic rings. The molecular weight excluding hydrogens is 289 g/mol. The average molecular weight is 306 g/mol. The number of nitrogens with two attached hydrogens (primary N) is 1. The molecule has 1 aromatic carbocycles. The minimum Gasteiger partial charge on any atom is -0.490 e. The zero-order valence-corrected chi connectivity index (χ0v) is 11.6. The van der Waals surface area contributed by atoms with Gasteiger partial charge in [-0.15, -0.1) is 0 Å². The lowest BCUT2D eigenvalue weighted by molar-refractivity contribution is -0.139. The number of amidine groups is 1. The minimum atomic E-state index is -4.61. The fourth-order valence-electron chi connectivity index (χ4n) is 1.63. The van der Waals surface area contributed by atoms with Crippen LogP contribution in [0.15, 0.2) is 23.4 Å². The van der Waals surface area contributed by atoms with Crippen LogP contribution in [-0.2, 0) is 10.9 Å². The molecule has 0 bridgehead atoms. The highest BCUT2D eigenvalue weighted by Gasteiger charge is 2.35. The number of halogens is 3. The first-order valence-corrected chi connectivity index (χ1v) is 6.14. The van der Waals surface area contributed by atoms with E-state index in [-0.39, 0.29) is 11.3 Å². The second-order valence-corrected chi connectivity index (χ2v) is 4.40. The molecule has 1 unspecified atom stereocenters. The second kappa shape index (κ2) is 7.16. The van der Waals surface area contributed by atoms with Gasteiger partial charge in [0.2, 0.25) is 0 Å². The molecule has 0 saturated heterocycles. The predicted octanol–water partition coefficient (Wildman–Crippen LogP) is 2.60. The van der Waals surface area contributed by atoms with Gasteiger partial charge in [-0.25, -0.2) is 0 Å². The summed E-state index contributed by atoms with van der Waals surface area (Å²) in [5.41, 5.74) is 4.28. The zero-order valence-electron chi connectivity index (χ0n) is 11.6. The summed E-state index contributed by atoms with van der Waals surface area (Å²) in [7, 11) is 1.50. The largest absolute Gasteiger partial charge is 0.490 e. The summed E-state index contributed by atoms with van der Waals surface area (Å²) in [6.45, 7) is 2.03. The zero-order chi connectivity index (χ0) is 16.0. The van der Waals surface area contributed by atoms with E-state index >= 15 is 0 Å². The van der Waals surface area contributed by atoms with Crippen molar-refractivity contribution in [3.8, 4) is 5.75 Å². The molecule has 8 heteroatoms. The first-order chi connectivity index (χ1) is 9.79. The van der Waals surface area contributed by atoms with Gasteiger partial charge < -0.3 is 20.4 Å². The summed E-state index contributed by atoms with van der Waals surface area (Å²) in [6.07, 6.45) is -4.60. The quantitative estimate of drug-likeness (QED) is 0.366. The normalized spacial score (nSPS) is 14.0. The van der Waals surface area contributed by atoms with Crippen LogP contribution in [0.5, 0.6) is 5.75 Å². The van der Waals surface area contributed by atoms with Crippen LogP contribution in [-0.4, -0.2) is 30.9 Å². The molecule has 3 N–H and O–H groups in total. The Labute approximate surface area is 120 Å². The van der Waals surface area contributed by atoms with Gasteiger partial charge in [-0.05, 0) is 25.1 Å². The molecule has 118 valence electrons. The number of oxime groups is 1. The van der Waals surface area contributed by atoms with Crippen LogP contribution in [0.1, 0.15) is 24.5 Å². The molecule has 0 aliphatic heterocycles. The van der Waals surface area contributed by atoms with Crippen LogP contribution >= 0.6 is 0 Å². The van der Waals surface area contributed by atoms with E-state index in [1.165, 1.54) is 13.2 Å². The van der Waals surface area contributed by atoms with Crippen molar-refractivity contribution in [3.63, 3.8) is 0 Å². The monoisotopic (exact) mass is 306 g/mol. The standard InChI is InChI=1S/C13H17F3N2O3/c1-8(5-6-20-2)21-11-4-3-9(12(17)18-19)7-10(11)13(14,15)16/h3-4,7-8,19H,5-6H2,1-2H3,(H2,17,18). The highest BCUT2D eigenvalue weighted by molar-refractivity contribution is 5.97. The van der Waals surface area contributed by atoms with Crippen molar-refractivity contribution in [1.29, 1.82) is 0 Å². The van der Waals surface area contributed by atoms with Crippen LogP contribution in [0.25, 0.3) is 0 Å². The van der Waals surface area contributed by atoms with E-state index < -0.39 is 23.7 Å². The smallest absolute Gasteiger partial charge is 0.419 e. The van der Waals surface area contributed by atoms with E-state index in [2.05, 4.69) is 5.16 Å². The van der Waals surface area contributed by atoms with Gasteiger partial charge in [0.15, 0.2) is 5.84 Å². The molecule has 0 amide bonds. The van der Waals surface area contributed by atoms with E-state index in [1.54, 1.807) is 6.92 Å². The summed E-state index contributed by atoms with van der Waals surface area (Å²) >= 11 is 0. The molecule has 0 fully saturated rings. The number of hydrogen-bond acceptors (Lipinski definition) is 4. The van der Waals surface area contributed by atoms with Crippen molar-refractivity contribution in [2.24, 2.45) is 10.9 Å². The third kappa shape index (κ3) is 4.82. The van der Waals surface area contributed by atoms with Crippen molar-refractivity contribution >= 4 is 5.84 Å². The fourth-order valence-corrected chi connectivity index (χ4v) is 1.63. The highest BCUT2D eigenvalue weighted by Crippen LogP contribution is 2.37. The van der Waals surface area contributed by atoms with Crippen LogP contribution in [0.3, 0.4) is 0 Å². The van der Waals surface area contributed by atoms with Gasteiger partial charge in [0.05, 0.1) is 11.7 Å². The molecule has 5 nitrogen and oxygen atoms in total. The van der Waals surface area contributed by atoms with Crippen molar-refractivity contribution in [2.75, 3.05) is 13.7 Å². The number of rotatable bonds is 6. The molecule has 0 aliphatic carbocycles. The topological polar surface area (TPSA) is 77.1 Å². The summed E-state index contributed by atoms with van der Waals surface area (Å²) in [6, 6.07) is 3.23. The van der Waals surface area contributed by atoms with Gasteiger partial charge >= 0.3 is 6.18 Å². The Balaban J connectivity index is 3.08. The first kappa shape index (κ1) is 17.1. The Morgan fingerprint density at radius 2 is 2.10 bits per heavy atom. The molecule has 1 atom stereocenters. The van der Waals surface area contributed by atoms with Crippen molar-refractivity contribution in [1.82, 2.24) is 0 Å². The van der Waals surface area contributed by atoms with Gasteiger partial charge in [0, 0.05) is 25.7 Å². The maximum atomic E-state index is 13.1. The third-order valence-electron chi connectivity index (χ3n) is 2.75. The molecule has 1 rings (SSSR count). The molecule has 21 heavy (non-hydrogen) atoms. The molecule has 0 aromatic heterocycles. The van der Waals surface area contributed by atoms with E-state index in [0.29, 0.717) is 13.0 Å². The lowest BCUT2D eigenvalue weighted by atomic mass is 10.1. The summed E-state index contributed by atoms with van der Waals surface area (Å²) in [4.78, 5) is 0. The number of benzene rings is 1. The maximum absolute atomic E-state index is 13.1. The Morgan fingerprint density at radius 1 is 1.43 bits per heavy atom. The molecule has 0 heterocycles. The number of nitrogens with zero attached hydrogens (tertiary/aromatic N) is 1. The minimum absolute atomic E-state index is 0.0401. The van der Waals surface area contributed by atoms with Gasteiger partial charge in [-0.1, -0.05) is 5.16 Å². The lowest BCUT2D eigenvalue weighted by Crippen LogP contribution is -2.19. The van der Waals surface area contributed by atoms with Crippen LogP contribution in [0.4, 0.5) is 13.2 Å². The molecule has 0 aliphatic rings. The van der Waals surface area contributed by atoms with E-state index in [9.17, 15) is 13.2 Å². The van der Waals surface area contributed by atoms with E-state index in [4.69, 9.17) is 20.4 Å². The van der Waals surface area contributed by atoms with Crippen LogP contribution in [0.2, 0.25) is 0 Å². The van der Waals surface area contributed by atoms with Gasteiger partial charge in [-0.2, -0.15) is 13.2 Å². The van der Waals surface area contributed by atoms with E-state index in [1.807, 2.05) is 0 Å². The Kier molecular flexibility index (Phi) is 5.83. The molecule has 0 radical (unpaired) electrons. The predicted molar refractivity (Wildman–Crippen MR) is 70.5 cm³/mol. The Bertz CT molecular complexity index is 504. The molecule has 0 spiro atoms. The highest BCUT2D eigenvalue weighted by atomic mass is 19.4. The Morgan fingerprint density at radius 3 is 2.62 bits per heavy atom. The van der Waals surface area contributed by atoms with Gasteiger partial charge in [0.1, 0.15) is 5.75 Å². The lowest BCUT2D eigenvalue weighted by Gasteiger charge is -2.19. The van der Waals surface area contributed by atoms with E-state index in [0.717, 1.165) is 12.1 Å². The first-order valence-electron chi connectivity index (χ1n) is 6.14. The van der Waals surface area contributed by atoms with Crippen molar-refractivity contribution in [2.45, 2.75) is 25.6 Å². The Hall–Kier alpha value is -1.96. The SMILES string of the molecule is COCCC(C)Oc1ccc(/C(N)=N/O)cc1C(F)(F)F. The summed E-state index contributed by atoms with van der Waals surface area (Å²) < 4.78 is 49.3. The van der Waals surface area contributed by atoms with Gasteiger partial charge in [0.25, 0.3) is 0 Å². The number of alkyl halides is 3. The van der Waals surface area contributed by atoms with Crippen LogP contribution in [0, 0.1) is 0 Å².